The fraction of sp³-hybridized carbons (Fsp3) is 0.238. The highest BCUT2D eigenvalue weighted by molar-refractivity contribution is 7.98. The number of ether oxygens (including phenoxy) is 1. The average Bonchev–Trinajstić information content (AvgIpc) is 3.12. The van der Waals surface area contributed by atoms with Gasteiger partial charge in [0.2, 0.25) is 0 Å². The summed E-state index contributed by atoms with van der Waals surface area (Å²) in [5, 5.41) is 6.20. The molecule has 28 heavy (non-hydrogen) atoms. The largest absolute Gasteiger partial charge is 0.459 e. The first-order chi connectivity index (χ1) is 13.6. The van der Waals surface area contributed by atoms with Crippen molar-refractivity contribution in [3.8, 4) is 0 Å². The van der Waals surface area contributed by atoms with Crippen LogP contribution >= 0.6 is 34.7 Å². The second kappa shape index (κ2) is 9.96. The summed E-state index contributed by atoms with van der Waals surface area (Å²) in [5.74, 6) is -0.0939. The lowest BCUT2D eigenvalue weighted by Gasteiger charge is -2.18. The number of amides is 1. The standard InChI is InChI=1S/C21H20ClNO3S2/c1-27-11-10-18(23-20(24)16-7-2-4-8-17(16)22)21(25)26-12-14-13-28-19-9-5-3-6-15(14)19/h2-9,13,18H,10-12H2,1H3,(H,23,24). The van der Waals surface area contributed by atoms with Crippen LogP contribution in [0.25, 0.3) is 10.1 Å². The van der Waals surface area contributed by atoms with Crippen LogP contribution in [0, 0.1) is 0 Å². The summed E-state index contributed by atoms with van der Waals surface area (Å²) in [4.78, 5) is 25.2. The molecule has 0 aliphatic rings. The number of carbonyl (C=O) groups is 2. The van der Waals surface area contributed by atoms with Crippen LogP contribution in [0.4, 0.5) is 0 Å². The Kier molecular flexibility index (Phi) is 7.36. The second-order valence-electron chi connectivity index (χ2n) is 6.15. The Morgan fingerprint density at radius 3 is 2.71 bits per heavy atom. The van der Waals surface area contributed by atoms with Gasteiger partial charge in [0.15, 0.2) is 0 Å². The summed E-state index contributed by atoms with van der Waals surface area (Å²) in [6.45, 7) is 0.181. The van der Waals surface area contributed by atoms with Crippen molar-refractivity contribution in [2.24, 2.45) is 0 Å². The molecular weight excluding hydrogens is 414 g/mol. The van der Waals surface area contributed by atoms with Crippen LogP contribution in [0.3, 0.4) is 0 Å². The first-order valence-electron chi connectivity index (χ1n) is 8.76. The molecule has 3 aromatic rings. The molecule has 1 N–H and O–H groups in total. The first-order valence-corrected chi connectivity index (χ1v) is 11.4. The number of carbonyl (C=O) groups excluding carboxylic acids is 2. The maximum Gasteiger partial charge on any atom is 0.329 e. The van der Waals surface area contributed by atoms with Crippen molar-refractivity contribution < 1.29 is 14.3 Å². The van der Waals surface area contributed by atoms with Crippen molar-refractivity contribution in [1.29, 1.82) is 0 Å². The Morgan fingerprint density at radius 2 is 1.93 bits per heavy atom. The molecule has 0 radical (unpaired) electrons. The summed E-state index contributed by atoms with van der Waals surface area (Å²) in [6.07, 6.45) is 2.44. The number of fused-ring (bicyclic) bond motifs is 1. The number of rotatable bonds is 8. The van der Waals surface area contributed by atoms with Crippen molar-refractivity contribution in [2.75, 3.05) is 12.0 Å². The van der Waals surface area contributed by atoms with Crippen molar-refractivity contribution in [1.82, 2.24) is 5.32 Å². The monoisotopic (exact) mass is 433 g/mol. The van der Waals surface area contributed by atoms with Gasteiger partial charge in [-0.15, -0.1) is 11.3 Å². The van der Waals surface area contributed by atoms with Crippen molar-refractivity contribution in [3.63, 3.8) is 0 Å². The van der Waals surface area contributed by atoms with Gasteiger partial charge in [-0.2, -0.15) is 11.8 Å². The number of hydrogen-bond donors (Lipinski definition) is 1. The lowest BCUT2D eigenvalue weighted by Crippen LogP contribution is -2.42. The zero-order valence-corrected chi connectivity index (χ0v) is 17.7. The van der Waals surface area contributed by atoms with Crippen molar-refractivity contribution >= 4 is 56.7 Å². The predicted molar refractivity (Wildman–Crippen MR) is 117 cm³/mol. The van der Waals surface area contributed by atoms with Gasteiger partial charge in [0, 0.05) is 10.3 Å². The highest BCUT2D eigenvalue weighted by Gasteiger charge is 2.23. The molecule has 0 bridgehead atoms. The van der Waals surface area contributed by atoms with E-state index in [0.717, 1.165) is 21.4 Å². The third kappa shape index (κ3) is 5.07. The fourth-order valence-corrected chi connectivity index (χ4v) is 4.40. The molecule has 1 amide bonds. The zero-order chi connectivity index (χ0) is 19.9. The normalized spacial score (nSPS) is 11.9. The highest BCUT2D eigenvalue weighted by Crippen LogP contribution is 2.26. The van der Waals surface area contributed by atoms with Gasteiger partial charge in [0.1, 0.15) is 12.6 Å². The van der Waals surface area contributed by atoms with E-state index in [1.807, 2.05) is 35.9 Å². The van der Waals surface area contributed by atoms with E-state index in [0.29, 0.717) is 17.0 Å². The van der Waals surface area contributed by atoms with Crippen LogP contribution in [0.5, 0.6) is 0 Å². The summed E-state index contributed by atoms with van der Waals surface area (Å²) >= 11 is 9.32. The summed E-state index contributed by atoms with van der Waals surface area (Å²) < 4.78 is 6.68. The van der Waals surface area contributed by atoms with Gasteiger partial charge in [-0.05, 0) is 47.4 Å². The molecule has 0 fully saturated rings. The number of hydrogen-bond acceptors (Lipinski definition) is 5. The van der Waals surface area contributed by atoms with E-state index in [4.69, 9.17) is 16.3 Å². The quantitative estimate of drug-likeness (QED) is 0.499. The first kappa shape index (κ1) is 20.7. The minimum Gasteiger partial charge on any atom is -0.459 e. The van der Waals surface area contributed by atoms with Crippen LogP contribution < -0.4 is 5.32 Å². The molecule has 3 rings (SSSR count). The molecule has 0 saturated heterocycles. The SMILES string of the molecule is CSCCC(NC(=O)c1ccccc1Cl)C(=O)OCc1csc2ccccc12. The number of nitrogens with one attached hydrogen (secondary N) is 1. The molecule has 1 atom stereocenters. The molecule has 0 saturated carbocycles. The van der Waals surface area contributed by atoms with Crippen LogP contribution in [0.15, 0.2) is 53.9 Å². The molecule has 1 heterocycles. The predicted octanol–water partition coefficient (Wildman–Crippen LogP) is 5.15. The van der Waals surface area contributed by atoms with E-state index in [-0.39, 0.29) is 12.5 Å². The van der Waals surface area contributed by atoms with E-state index in [1.54, 1.807) is 47.4 Å². The van der Waals surface area contributed by atoms with Gasteiger partial charge in [0.05, 0.1) is 10.6 Å². The second-order valence-corrected chi connectivity index (χ2v) is 8.46. The molecular formula is C21H20ClNO3S2. The Balaban J connectivity index is 1.67. The van der Waals surface area contributed by atoms with Gasteiger partial charge in [-0.3, -0.25) is 4.79 Å². The lowest BCUT2D eigenvalue weighted by molar-refractivity contribution is -0.147. The molecule has 146 valence electrons. The van der Waals surface area contributed by atoms with Gasteiger partial charge in [-0.1, -0.05) is 41.9 Å². The number of benzene rings is 2. The number of halogens is 1. The van der Waals surface area contributed by atoms with Gasteiger partial charge in [0.25, 0.3) is 5.91 Å². The molecule has 4 nitrogen and oxygen atoms in total. The fourth-order valence-electron chi connectivity index (χ4n) is 2.76. The van der Waals surface area contributed by atoms with E-state index in [2.05, 4.69) is 5.32 Å². The molecule has 1 aromatic heterocycles. The Bertz CT molecular complexity index is 973. The van der Waals surface area contributed by atoms with E-state index < -0.39 is 12.0 Å². The third-order valence-electron chi connectivity index (χ3n) is 4.25. The topological polar surface area (TPSA) is 55.4 Å². The molecule has 2 aromatic carbocycles. The maximum absolute atomic E-state index is 12.7. The van der Waals surface area contributed by atoms with Crippen molar-refractivity contribution in [2.45, 2.75) is 19.1 Å². The van der Waals surface area contributed by atoms with Gasteiger partial charge < -0.3 is 10.1 Å². The minimum atomic E-state index is -0.721. The van der Waals surface area contributed by atoms with Gasteiger partial charge in [-0.25, -0.2) is 4.79 Å². The average molecular weight is 434 g/mol. The smallest absolute Gasteiger partial charge is 0.329 e. The number of esters is 1. The molecule has 0 spiro atoms. The lowest BCUT2D eigenvalue weighted by atomic mass is 10.1. The van der Waals surface area contributed by atoms with E-state index in [9.17, 15) is 9.59 Å². The third-order valence-corrected chi connectivity index (χ3v) is 6.24. The van der Waals surface area contributed by atoms with E-state index in [1.165, 1.54) is 0 Å². The Morgan fingerprint density at radius 1 is 1.18 bits per heavy atom. The summed E-state index contributed by atoms with van der Waals surface area (Å²) in [5.41, 5.74) is 1.31. The molecule has 0 aliphatic heterocycles. The molecule has 0 aliphatic carbocycles. The summed E-state index contributed by atoms with van der Waals surface area (Å²) in [7, 11) is 0. The Labute approximate surface area is 177 Å². The highest BCUT2D eigenvalue weighted by atomic mass is 35.5. The van der Waals surface area contributed by atoms with E-state index >= 15 is 0 Å². The number of thioether (sulfide) groups is 1. The van der Waals surface area contributed by atoms with Crippen LogP contribution in [-0.2, 0) is 16.1 Å². The van der Waals surface area contributed by atoms with Gasteiger partial charge >= 0.3 is 5.97 Å². The maximum atomic E-state index is 12.7. The van der Waals surface area contributed by atoms with Crippen LogP contribution in [0.2, 0.25) is 5.02 Å². The molecule has 1 unspecified atom stereocenters. The van der Waals surface area contributed by atoms with Crippen LogP contribution in [-0.4, -0.2) is 29.9 Å². The zero-order valence-electron chi connectivity index (χ0n) is 15.3. The van der Waals surface area contributed by atoms with Crippen LogP contribution in [0.1, 0.15) is 22.3 Å². The molecule has 7 heteroatoms. The Hall–Kier alpha value is -2.02. The number of thiophene rings is 1. The minimum absolute atomic E-state index is 0.181. The summed E-state index contributed by atoms with van der Waals surface area (Å²) in [6, 6.07) is 14.0. The van der Waals surface area contributed by atoms with Crippen molar-refractivity contribution in [3.05, 3.63) is 70.1 Å².